The van der Waals surface area contributed by atoms with Gasteiger partial charge in [0.1, 0.15) is 0 Å². The normalized spacial score (nSPS) is 26.2. The van der Waals surface area contributed by atoms with E-state index in [9.17, 15) is 14.4 Å². The van der Waals surface area contributed by atoms with Crippen molar-refractivity contribution in [3.63, 3.8) is 0 Å². The number of aliphatic imine (C=N–C) groups is 2. The van der Waals surface area contributed by atoms with Gasteiger partial charge < -0.3 is 4.74 Å². The molecule has 0 radical (unpaired) electrons. The van der Waals surface area contributed by atoms with E-state index in [1.165, 1.54) is 0 Å². The van der Waals surface area contributed by atoms with Gasteiger partial charge in [-0.3, -0.25) is 4.79 Å². The average Bonchev–Trinajstić information content (AvgIpc) is 2.36. The van der Waals surface area contributed by atoms with Gasteiger partial charge in [0, 0.05) is 0 Å². The summed E-state index contributed by atoms with van der Waals surface area (Å²) in [6, 6.07) is 0.00750. The quantitative estimate of drug-likeness (QED) is 0.443. The molecule has 1 aliphatic rings. The Hall–Kier alpha value is -1.77. The van der Waals surface area contributed by atoms with Crippen LogP contribution in [0.5, 0.6) is 0 Å². The Bertz CT molecular complexity index is 423. The van der Waals surface area contributed by atoms with E-state index in [2.05, 4.69) is 35.5 Å². The van der Waals surface area contributed by atoms with Crippen molar-refractivity contribution >= 4 is 18.6 Å². The van der Waals surface area contributed by atoms with E-state index < -0.39 is 0 Å². The molecule has 1 aliphatic carbocycles. The van der Waals surface area contributed by atoms with E-state index in [1.54, 1.807) is 19.1 Å². The van der Waals surface area contributed by atoms with Gasteiger partial charge >= 0.3 is 0 Å². The van der Waals surface area contributed by atoms with Gasteiger partial charge in [-0.2, -0.15) is 0 Å². The lowest BCUT2D eigenvalue weighted by Gasteiger charge is -2.44. The summed E-state index contributed by atoms with van der Waals surface area (Å²) in [4.78, 5) is 37.2. The largest absolute Gasteiger partial charge is 0.468 e. The minimum atomic E-state index is -0.0653. The molecular formula is C15H24N2O4. The fourth-order valence-corrected chi connectivity index (χ4v) is 3.16. The summed E-state index contributed by atoms with van der Waals surface area (Å²) in [6.45, 7) is 9.52. The Balaban J connectivity index is 0.000000690. The number of rotatable bonds is 5. The Kier molecular flexibility index (Phi) is 8.44. The zero-order valence-electron chi connectivity index (χ0n) is 13.2. The van der Waals surface area contributed by atoms with Crippen molar-refractivity contribution in [3.05, 3.63) is 0 Å². The predicted molar refractivity (Wildman–Crippen MR) is 78.3 cm³/mol. The van der Waals surface area contributed by atoms with E-state index in [0.29, 0.717) is 19.6 Å². The molecule has 1 fully saturated rings. The molecule has 0 heterocycles. The van der Waals surface area contributed by atoms with Gasteiger partial charge in [0.2, 0.25) is 12.2 Å². The molecule has 0 aromatic heterocycles. The Morgan fingerprint density at radius 3 is 2.33 bits per heavy atom. The maximum absolute atomic E-state index is 10.3. The number of isocyanates is 2. The molecule has 0 amide bonds. The first-order valence-corrected chi connectivity index (χ1v) is 6.98. The van der Waals surface area contributed by atoms with Crippen LogP contribution in [0.2, 0.25) is 0 Å². The minimum absolute atomic E-state index is 0.00750. The van der Waals surface area contributed by atoms with Crippen LogP contribution in [0, 0.1) is 10.8 Å². The second-order valence-corrected chi connectivity index (χ2v) is 6.39. The molecule has 6 heteroatoms. The van der Waals surface area contributed by atoms with Gasteiger partial charge in [-0.05, 0) is 37.0 Å². The van der Waals surface area contributed by atoms with E-state index in [1.807, 2.05) is 0 Å². The number of ether oxygens (including phenoxy) is 1. The summed E-state index contributed by atoms with van der Waals surface area (Å²) in [5, 5.41) is 0. The number of carbonyl (C=O) groups excluding carboxylic acids is 3. The van der Waals surface area contributed by atoms with Gasteiger partial charge in [0.25, 0.3) is 6.47 Å². The lowest BCUT2D eigenvalue weighted by Crippen LogP contribution is -2.39. The van der Waals surface area contributed by atoms with E-state index in [0.717, 1.165) is 19.3 Å². The molecule has 2 atom stereocenters. The van der Waals surface area contributed by atoms with Crippen LogP contribution in [0.25, 0.3) is 0 Å². The van der Waals surface area contributed by atoms with Crippen molar-refractivity contribution in [2.75, 3.05) is 13.2 Å². The van der Waals surface area contributed by atoms with Crippen molar-refractivity contribution in [2.45, 2.75) is 53.0 Å². The summed E-state index contributed by atoms with van der Waals surface area (Å²) in [5.74, 6) is 0. The standard InChI is InChI=1S/C12H18N2O2.C3H6O2/c1-11(2)4-10(14-9-16)5-12(3,6-11)7-13-8-15;1-2-5-3-4/h10H,4-7H2,1-3H3;3H,2H2,1H3. The SMILES string of the molecule is CC1(C)CC(N=C=O)CC(C)(CN=C=O)C1.CCOC=O. The number of carbonyl (C=O) groups is 1. The van der Waals surface area contributed by atoms with E-state index in [-0.39, 0.29) is 16.9 Å². The van der Waals surface area contributed by atoms with Crippen LogP contribution < -0.4 is 0 Å². The molecule has 0 aromatic rings. The Labute approximate surface area is 125 Å². The third-order valence-electron chi connectivity index (χ3n) is 3.42. The first-order chi connectivity index (χ1) is 9.82. The molecule has 0 saturated heterocycles. The van der Waals surface area contributed by atoms with Gasteiger partial charge in [-0.25, -0.2) is 19.6 Å². The van der Waals surface area contributed by atoms with Crippen molar-refractivity contribution < 1.29 is 19.1 Å². The second-order valence-electron chi connectivity index (χ2n) is 6.39. The summed E-state index contributed by atoms with van der Waals surface area (Å²) in [5.41, 5.74) is 0.0561. The molecule has 1 saturated carbocycles. The molecule has 0 aliphatic heterocycles. The molecule has 2 unspecified atom stereocenters. The van der Waals surface area contributed by atoms with Crippen molar-refractivity contribution in [1.82, 2.24) is 0 Å². The number of hydrogen-bond donors (Lipinski definition) is 0. The first kappa shape index (κ1) is 19.2. The van der Waals surface area contributed by atoms with E-state index >= 15 is 0 Å². The van der Waals surface area contributed by atoms with Gasteiger partial charge in [-0.15, -0.1) is 0 Å². The van der Waals surface area contributed by atoms with Crippen molar-refractivity contribution in [3.8, 4) is 0 Å². The third-order valence-corrected chi connectivity index (χ3v) is 3.42. The Morgan fingerprint density at radius 2 is 1.90 bits per heavy atom. The van der Waals surface area contributed by atoms with Crippen LogP contribution in [-0.4, -0.2) is 37.8 Å². The maximum Gasteiger partial charge on any atom is 0.293 e. The highest BCUT2D eigenvalue weighted by atomic mass is 16.5. The highest BCUT2D eigenvalue weighted by molar-refractivity contribution is 5.36. The summed E-state index contributed by atoms with van der Waals surface area (Å²) in [6.07, 6.45) is 5.88. The molecule has 0 spiro atoms. The van der Waals surface area contributed by atoms with Crippen LogP contribution in [0.15, 0.2) is 9.98 Å². The lowest BCUT2D eigenvalue weighted by molar-refractivity contribution is -0.128. The number of nitrogens with zero attached hydrogens (tertiary/aromatic N) is 2. The maximum atomic E-state index is 10.3. The first-order valence-electron chi connectivity index (χ1n) is 6.98. The minimum Gasteiger partial charge on any atom is -0.468 e. The molecule has 1 rings (SSSR count). The molecule has 21 heavy (non-hydrogen) atoms. The summed E-state index contributed by atoms with van der Waals surface area (Å²) in [7, 11) is 0. The van der Waals surface area contributed by atoms with Crippen LogP contribution in [0.1, 0.15) is 47.0 Å². The molecule has 0 bridgehead atoms. The van der Waals surface area contributed by atoms with Crippen LogP contribution in [0.3, 0.4) is 0 Å². The van der Waals surface area contributed by atoms with Crippen LogP contribution in [-0.2, 0) is 19.1 Å². The second kappa shape index (κ2) is 9.22. The third kappa shape index (κ3) is 8.18. The average molecular weight is 296 g/mol. The van der Waals surface area contributed by atoms with E-state index in [4.69, 9.17) is 0 Å². The smallest absolute Gasteiger partial charge is 0.293 e. The predicted octanol–water partition coefficient (Wildman–Crippen LogP) is 2.42. The molecule has 6 nitrogen and oxygen atoms in total. The highest BCUT2D eigenvalue weighted by Crippen LogP contribution is 2.47. The summed E-state index contributed by atoms with van der Waals surface area (Å²) < 4.78 is 4.15. The molecular weight excluding hydrogens is 272 g/mol. The lowest BCUT2D eigenvalue weighted by atomic mass is 9.63. The van der Waals surface area contributed by atoms with Gasteiger partial charge in [0.15, 0.2) is 0 Å². The van der Waals surface area contributed by atoms with Crippen LogP contribution in [0.4, 0.5) is 0 Å². The van der Waals surface area contributed by atoms with Gasteiger partial charge in [-0.1, -0.05) is 20.8 Å². The fraction of sp³-hybridized carbons (Fsp3) is 0.800. The summed E-state index contributed by atoms with van der Waals surface area (Å²) >= 11 is 0. The zero-order chi connectivity index (χ0) is 16.4. The topological polar surface area (TPSA) is 85.2 Å². The molecule has 118 valence electrons. The molecule has 0 aromatic carbocycles. The van der Waals surface area contributed by atoms with Crippen molar-refractivity contribution in [2.24, 2.45) is 20.8 Å². The fourth-order valence-electron chi connectivity index (χ4n) is 3.16. The number of hydrogen-bond acceptors (Lipinski definition) is 6. The van der Waals surface area contributed by atoms with Crippen molar-refractivity contribution in [1.29, 1.82) is 0 Å². The highest BCUT2D eigenvalue weighted by Gasteiger charge is 2.41. The Morgan fingerprint density at radius 1 is 1.24 bits per heavy atom. The monoisotopic (exact) mass is 296 g/mol. The zero-order valence-corrected chi connectivity index (χ0v) is 13.2. The van der Waals surface area contributed by atoms with Gasteiger partial charge in [0.05, 0.1) is 19.2 Å². The van der Waals surface area contributed by atoms with Crippen LogP contribution >= 0.6 is 0 Å². The molecule has 0 N–H and O–H groups in total.